The fourth-order valence-electron chi connectivity index (χ4n) is 1.30. The van der Waals surface area contributed by atoms with Crippen molar-refractivity contribution in [2.24, 2.45) is 0 Å². The van der Waals surface area contributed by atoms with Gasteiger partial charge >= 0.3 is 5.69 Å². The maximum Gasteiger partial charge on any atom is 0.305 e. The minimum atomic E-state index is -0.980. The number of halogens is 1. The third kappa shape index (κ3) is 2.34. The van der Waals surface area contributed by atoms with Gasteiger partial charge in [0.2, 0.25) is 11.7 Å². The first-order valence-electron chi connectivity index (χ1n) is 4.90. The predicted octanol–water partition coefficient (Wildman–Crippen LogP) is 2.50. The Kier molecular flexibility index (Phi) is 3.05. The smallest absolute Gasteiger partial charge is 0.305 e. The summed E-state index contributed by atoms with van der Waals surface area (Å²) in [5.41, 5.74) is 5.27. The largest absolute Gasteiger partial charge is 0.437 e. The van der Waals surface area contributed by atoms with Gasteiger partial charge in [-0.2, -0.15) is 4.39 Å². The summed E-state index contributed by atoms with van der Waals surface area (Å²) in [5.74, 6) is -0.777. The Labute approximate surface area is 101 Å². The van der Waals surface area contributed by atoms with E-state index in [0.29, 0.717) is 0 Å². The molecular weight excluding hydrogens is 241 g/mol. The molecule has 2 rings (SSSR count). The van der Waals surface area contributed by atoms with Crippen LogP contribution >= 0.6 is 0 Å². The number of ether oxygens (including phenoxy) is 1. The highest BCUT2D eigenvalue weighted by molar-refractivity contribution is 5.49. The lowest BCUT2D eigenvalue weighted by Crippen LogP contribution is -1.96. The second-order valence-electron chi connectivity index (χ2n) is 3.37. The molecule has 0 amide bonds. The number of hydrogen-bond donors (Lipinski definition) is 1. The first-order chi connectivity index (χ1) is 8.58. The van der Waals surface area contributed by atoms with E-state index in [9.17, 15) is 14.5 Å². The maximum absolute atomic E-state index is 13.3. The molecule has 0 spiro atoms. The average Bonchev–Trinajstić information content (AvgIpc) is 2.32. The molecule has 2 N–H and O–H groups in total. The first kappa shape index (κ1) is 11.8. The van der Waals surface area contributed by atoms with Gasteiger partial charge in [-0.05, 0) is 18.2 Å². The lowest BCUT2D eigenvalue weighted by Gasteiger charge is -2.06. The molecule has 0 atom stereocenters. The number of nitrogens with zero attached hydrogens (tertiary/aromatic N) is 2. The standard InChI is InChI=1S/C11H8FN3O3/c12-8-6-7(3-4-10(8)15(16)17)18-11-9(13)2-1-5-14-11/h1-6H,13H2. The van der Waals surface area contributed by atoms with Crippen molar-refractivity contribution in [2.75, 3.05) is 5.73 Å². The number of anilines is 1. The second-order valence-corrected chi connectivity index (χ2v) is 3.37. The van der Waals surface area contributed by atoms with E-state index in [4.69, 9.17) is 10.5 Å². The molecule has 0 saturated heterocycles. The number of benzene rings is 1. The molecule has 18 heavy (non-hydrogen) atoms. The van der Waals surface area contributed by atoms with E-state index in [2.05, 4.69) is 4.98 Å². The van der Waals surface area contributed by atoms with Gasteiger partial charge in [-0.25, -0.2) is 4.98 Å². The third-order valence-corrected chi connectivity index (χ3v) is 2.13. The predicted molar refractivity (Wildman–Crippen MR) is 61.8 cm³/mol. The van der Waals surface area contributed by atoms with Crippen molar-refractivity contribution in [1.29, 1.82) is 0 Å². The van der Waals surface area contributed by atoms with Crippen LogP contribution in [0.15, 0.2) is 36.5 Å². The number of nitrogens with two attached hydrogens (primary N) is 1. The fourth-order valence-corrected chi connectivity index (χ4v) is 1.30. The molecule has 2 aromatic rings. The van der Waals surface area contributed by atoms with E-state index in [1.54, 1.807) is 12.1 Å². The van der Waals surface area contributed by atoms with E-state index >= 15 is 0 Å². The maximum atomic E-state index is 13.3. The molecule has 0 saturated carbocycles. The molecule has 0 radical (unpaired) electrons. The van der Waals surface area contributed by atoms with Crippen LogP contribution in [0, 0.1) is 15.9 Å². The number of rotatable bonds is 3. The highest BCUT2D eigenvalue weighted by Gasteiger charge is 2.15. The van der Waals surface area contributed by atoms with Gasteiger partial charge in [0.1, 0.15) is 5.75 Å². The lowest BCUT2D eigenvalue weighted by atomic mass is 10.3. The Hall–Kier alpha value is -2.70. The molecule has 1 heterocycles. The van der Waals surface area contributed by atoms with Crippen LogP contribution in [-0.4, -0.2) is 9.91 Å². The van der Waals surface area contributed by atoms with Crippen molar-refractivity contribution < 1.29 is 14.1 Å². The second kappa shape index (κ2) is 4.66. The third-order valence-electron chi connectivity index (χ3n) is 2.13. The van der Waals surface area contributed by atoms with E-state index < -0.39 is 16.4 Å². The summed E-state index contributed by atoms with van der Waals surface area (Å²) < 4.78 is 18.6. The number of hydrogen-bond acceptors (Lipinski definition) is 5. The first-order valence-corrected chi connectivity index (χ1v) is 4.90. The molecule has 0 aliphatic rings. The van der Waals surface area contributed by atoms with E-state index in [1.165, 1.54) is 12.3 Å². The molecule has 1 aromatic heterocycles. The molecule has 0 bridgehead atoms. The minimum absolute atomic E-state index is 0.0866. The lowest BCUT2D eigenvalue weighted by molar-refractivity contribution is -0.387. The number of aromatic nitrogens is 1. The van der Waals surface area contributed by atoms with E-state index in [1.807, 2.05) is 0 Å². The topological polar surface area (TPSA) is 91.3 Å². The zero-order valence-corrected chi connectivity index (χ0v) is 9.04. The van der Waals surface area contributed by atoms with Crippen LogP contribution < -0.4 is 10.5 Å². The van der Waals surface area contributed by atoms with Crippen molar-refractivity contribution in [3.63, 3.8) is 0 Å². The van der Waals surface area contributed by atoms with Crippen LogP contribution in [-0.2, 0) is 0 Å². The van der Waals surface area contributed by atoms with Gasteiger partial charge in [0.05, 0.1) is 10.6 Å². The highest BCUT2D eigenvalue weighted by Crippen LogP contribution is 2.27. The van der Waals surface area contributed by atoms with E-state index in [0.717, 1.165) is 12.1 Å². The summed E-state index contributed by atoms with van der Waals surface area (Å²) in [7, 11) is 0. The quantitative estimate of drug-likeness (QED) is 0.666. The SMILES string of the molecule is Nc1cccnc1Oc1ccc([N+](=O)[O-])c(F)c1. The highest BCUT2D eigenvalue weighted by atomic mass is 19.1. The Morgan fingerprint density at radius 1 is 1.39 bits per heavy atom. The number of nitro benzene ring substituents is 1. The van der Waals surface area contributed by atoms with Gasteiger partial charge in [0, 0.05) is 18.3 Å². The summed E-state index contributed by atoms with van der Waals surface area (Å²) in [5, 5.41) is 10.4. The normalized spacial score (nSPS) is 10.1. The van der Waals surface area contributed by atoms with Crippen LogP contribution in [0.4, 0.5) is 15.8 Å². The molecule has 7 heteroatoms. The van der Waals surface area contributed by atoms with E-state index in [-0.39, 0.29) is 17.3 Å². The van der Waals surface area contributed by atoms with Gasteiger partial charge in [-0.1, -0.05) is 0 Å². The molecule has 6 nitrogen and oxygen atoms in total. The Morgan fingerprint density at radius 2 is 2.17 bits per heavy atom. The van der Waals surface area contributed by atoms with Crippen molar-refractivity contribution in [2.45, 2.75) is 0 Å². The molecule has 92 valence electrons. The van der Waals surface area contributed by atoms with Crippen molar-refractivity contribution >= 4 is 11.4 Å². The van der Waals surface area contributed by atoms with Crippen molar-refractivity contribution in [3.05, 3.63) is 52.5 Å². The molecule has 0 unspecified atom stereocenters. The monoisotopic (exact) mass is 249 g/mol. The molecule has 0 fully saturated rings. The zero-order valence-electron chi connectivity index (χ0n) is 9.04. The number of nitro groups is 1. The van der Waals surface area contributed by atoms with Crippen LogP contribution in [0.1, 0.15) is 0 Å². The van der Waals surface area contributed by atoms with Crippen LogP contribution in [0.25, 0.3) is 0 Å². The molecular formula is C11H8FN3O3. The van der Waals surface area contributed by atoms with Gasteiger partial charge in [0.25, 0.3) is 0 Å². The summed E-state index contributed by atoms with van der Waals surface area (Å²) in [6, 6.07) is 6.40. The molecule has 1 aromatic carbocycles. The number of pyridine rings is 1. The average molecular weight is 249 g/mol. The summed E-state index contributed by atoms with van der Waals surface area (Å²) in [6.07, 6.45) is 1.47. The van der Waals surface area contributed by atoms with Crippen LogP contribution in [0.5, 0.6) is 11.6 Å². The summed E-state index contributed by atoms with van der Waals surface area (Å²) in [6.45, 7) is 0. The van der Waals surface area contributed by atoms with Crippen LogP contribution in [0.2, 0.25) is 0 Å². The Balaban J connectivity index is 2.29. The summed E-state index contributed by atoms with van der Waals surface area (Å²) >= 11 is 0. The Bertz CT molecular complexity index is 604. The van der Waals surface area contributed by atoms with Gasteiger partial charge in [0.15, 0.2) is 0 Å². The molecule has 0 aliphatic heterocycles. The fraction of sp³-hybridized carbons (Fsp3) is 0. The van der Waals surface area contributed by atoms with Gasteiger partial charge in [-0.3, -0.25) is 10.1 Å². The van der Waals surface area contributed by atoms with Crippen molar-refractivity contribution in [1.82, 2.24) is 4.98 Å². The Morgan fingerprint density at radius 3 is 2.78 bits per heavy atom. The van der Waals surface area contributed by atoms with Crippen LogP contribution in [0.3, 0.4) is 0 Å². The number of nitrogen functional groups attached to an aromatic ring is 1. The van der Waals surface area contributed by atoms with Crippen molar-refractivity contribution in [3.8, 4) is 11.6 Å². The minimum Gasteiger partial charge on any atom is -0.437 e. The zero-order chi connectivity index (χ0) is 13.1. The molecule has 0 aliphatic carbocycles. The van der Waals surface area contributed by atoms with Gasteiger partial charge < -0.3 is 10.5 Å². The van der Waals surface area contributed by atoms with Gasteiger partial charge in [-0.15, -0.1) is 0 Å². The summed E-state index contributed by atoms with van der Waals surface area (Å²) in [4.78, 5) is 13.5.